The van der Waals surface area contributed by atoms with E-state index in [0.717, 1.165) is 23.5 Å². The standard InChI is InChI=1S/C15H20N4O2/c1-5-16-14-13(21-4)15(18-9-17-14)19-11-6-7-12(20-3)10(2)8-11/h6-9H,5H2,1-4H3,(H2,16,17,18,19). The Balaban J connectivity index is 2.30. The number of benzene rings is 1. The Morgan fingerprint density at radius 3 is 2.48 bits per heavy atom. The summed E-state index contributed by atoms with van der Waals surface area (Å²) in [7, 11) is 3.26. The molecule has 0 spiro atoms. The number of methoxy groups -OCH3 is 2. The van der Waals surface area contributed by atoms with Gasteiger partial charge in [-0.05, 0) is 37.6 Å². The molecule has 0 aliphatic heterocycles. The Bertz CT molecular complexity index is 617. The van der Waals surface area contributed by atoms with Crippen LogP contribution in [0.1, 0.15) is 12.5 Å². The molecular weight excluding hydrogens is 268 g/mol. The van der Waals surface area contributed by atoms with Gasteiger partial charge < -0.3 is 20.1 Å². The maximum absolute atomic E-state index is 5.40. The van der Waals surface area contributed by atoms with Gasteiger partial charge in [0.15, 0.2) is 11.6 Å². The molecule has 1 aromatic carbocycles. The highest BCUT2D eigenvalue weighted by atomic mass is 16.5. The Morgan fingerprint density at radius 1 is 1.10 bits per heavy atom. The van der Waals surface area contributed by atoms with Gasteiger partial charge in [0.1, 0.15) is 12.1 Å². The van der Waals surface area contributed by atoms with Crippen LogP contribution in [0.3, 0.4) is 0 Å². The van der Waals surface area contributed by atoms with Gasteiger partial charge in [0.05, 0.1) is 14.2 Å². The van der Waals surface area contributed by atoms with Crippen LogP contribution < -0.4 is 20.1 Å². The van der Waals surface area contributed by atoms with E-state index >= 15 is 0 Å². The first kappa shape index (κ1) is 14.9. The fraction of sp³-hybridized carbons (Fsp3) is 0.333. The molecule has 0 amide bonds. The number of aromatic nitrogens is 2. The monoisotopic (exact) mass is 288 g/mol. The van der Waals surface area contributed by atoms with Crippen LogP contribution in [-0.2, 0) is 0 Å². The summed E-state index contributed by atoms with van der Waals surface area (Å²) in [5, 5.41) is 6.39. The maximum atomic E-state index is 5.40. The Kier molecular flexibility index (Phi) is 4.81. The minimum Gasteiger partial charge on any atom is -0.496 e. The fourth-order valence-corrected chi connectivity index (χ4v) is 2.04. The van der Waals surface area contributed by atoms with Crippen molar-refractivity contribution in [1.82, 2.24) is 9.97 Å². The van der Waals surface area contributed by atoms with Crippen LogP contribution in [0.15, 0.2) is 24.5 Å². The largest absolute Gasteiger partial charge is 0.496 e. The molecule has 2 aromatic rings. The molecule has 2 N–H and O–H groups in total. The number of aryl methyl sites for hydroxylation is 1. The zero-order chi connectivity index (χ0) is 15.2. The molecule has 112 valence electrons. The van der Waals surface area contributed by atoms with Crippen molar-refractivity contribution in [2.75, 3.05) is 31.4 Å². The lowest BCUT2D eigenvalue weighted by Gasteiger charge is -2.14. The van der Waals surface area contributed by atoms with Crippen LogP contribution in [0.2, 0.25) is 0 Å². The van der Waals surface area contributed by atoms with Crippen LogP contribution in [0.25, 0.3) is 0 Å². The quantitative estimate of drug-likeness (QED) is 0.851. The molecule has 21 heavy (non-hydrogen) atoms. The van der Waals surface area contributed by atoms with Crippen molar-refractivity contribution in [2.45, 2.75) is 13.8 Å². The second-order valence-corrected chi connectivity index (χ2v) is 4.44. The van der Waals surface area contributed by atoms with Crippen LogP contribution in [0, 0.1) is 6.92 Å². The second-order valence-electron chi connectivity index (χ2n) is 4.44. The van der Waals surface area contributed by atoms with E-state index < -0.39 is 0 Å². The average Bonchev–Trinajstić information content (AvgIpc) is 2.48. The Morgan fingerprint density at radius 2 is 1.86 bits per heavy atom. The lowest BCUT2D eigenvalue weighted by atomic mass is 10.2. The fourth-order valence-electron chi connectivity index (χ4n) is 2.04. The Hall–Kier alpha value is -2.50. The molecule has 6 nitrogen and oxygen atoms in total. The van der Waals surface area contributed by atoms with Crippen molar-refractivity contribution in [2.24, 2.45) is 0 Å². The van der Waals surface area contributed by atoms with E-state index in [2.05, 4.69) is 20.6 Å². The summed E-state index contributed by atoms with van der Waals surface area (Å²) in [5.41, 5.74) is 1.95. The molecule has 2 rings (SSSR count). The molecule has 0 aliphatic carbocycles. The third-order valence-electron chi connectivity index (χ3n) is 3.01. The van der Waals surface area contributed by atoms with Gasteiger partial charge in [0, 0.05) is 12.2 Å². The number of nitrogens with zero attached hydrogens (tertiary/aromatic N) is 2. The van der Waals surface area contributed by atoms with Crippen molar-refractivity contribution < 1.29 is 9.47 Å². The summed E-state index contributed by atoms with van der Waals surface area (Å²) in [6.07, 6.45) is 1.50. The van der Waals surface area contributed by atoms with Gasteiger partial charge >= 0.3 is 0 Å². The highest BCUT2D eigenvalue weighted by Gasteiger charge is 2.12. The van der Waals surface area contributed by atoms with Gasteiger partial charge in [0.2, 0.25) is 5.75 Å². The molecule has 0 bridgehead atoms. The van der Waals surface area contributed by atoms with E-state index in [4.69, 9.17) is 9.47 Å². The summed E-state index contributed by atoms with van der Waals surface area (Å²) in [4.78, 5) is 8.42. The number of nitrogens with one attached hydrogen (secondary N) is 2. The van der Waals surface area contributed by atoms with Crippen LogP contribution >= 0.6 is 0 Å². The molecular formula is C15H20N4O2. The summed E-state index contributed by atoms with van der Waals surface area (Å²) >= 11 is 0. The van der Waals surface area contributed by atoms with E-state index in [1.807, 2.05) is 32.0 Å². The van der Waals surface area contributed by atoms with Gasteiger partial charge in [-0.3, -0.25) is 0 Å². The zero-order valence-electron chi connectivity index (χ0n) is 12.7. The van der Waals surface area contributed by atoms with Gasteiger partial charge in [-0.1, -0.05) is 0 Å². The van der Waals surface area contributed by atoms with Gasteiger partial charge in [0.25, 0.3) is 0 Å². The van der Waals surface area contributed by atoms with Crippen molar-refractivity contribution in [3.05, 3.63) is 30.1 Å². The minimum absolute atomic E-state index is 0.591. The minimum atomic E-state index is 0.591. The lowest BCUT2D eigenvalue weighted by molar-refractivity contribution is 0.411. The highest BCUT2D eigenvalue weighted by molar-refractivity contribution is 5.70. The Labute approximate surface area is 124 Å². The predicted molar refractivity (Wildman–Crippen MR) is 83.8 cm³/mol. The lowest BCUT2D eigenvalue weighted by Crippen LogP contribution is -2.06. The molecule has 0 saturated carbocycles. The maximum Gasteiger partial charge on any atom is 0.204 e. The van der Waals surface area contributed by atoms with Crippen molar-refractivity contribution in [3.8, 4) is 11.5 Å². The molecule has 0 atom stereocenters. The number of rotatable bonds is 6. The van der Waals surface area contributed by atoms with E-state index in [1.165, 1.54) is 6.33 Å². The van der Waals surface area contributed by atoms with E-state index in [9.17, 15) is 0 Å². The summed E-state index contributed by atoms with van der Waals surface area (Å²) in [6.45, 7) is 4.75. The molecule has 0 radical (unpaired) electrons. The van der Waals surface area contributed by atoms with Crippen molar-refractivity contribution >= 4 is 17.3 Å². The highest BCUT2D eigenvalue weighted by Crippen LogP contribution is 2.32. The number of hydrogen-bond donors (Lipinski definition) is 2. The third-order valence-corrected chi connectivity index (χ3v) is 3.01. The molecule has 0 unspecified atom stereocenters. The predicted octanol–water partition coefficient (Wildman–Crippen LogP) is 2.98. The van der Waals surface area contributed by atoms with Gasteiger partial charge in [-0.25, -0.2) is 9.97 Å². The first-order valence-electron chi connectivity index (χ1n) is 6.74. The van der Waals surface area contributed by atoms with Crippen LogP contribution in [0.5, 0.6) is 11.5 Å². The summed E-state index contributed by atoms with van der Waals surface area (Å²) in [5.74, 6) is 2.73. The SMILES string of the molecule is CCNc1ncnc(Nc2ccc(OC)c(C)c2)c1OC. The molecule has 1 heterocycles. The molecule has 6 heteroatoms. The van der Waals surface area contributed by atoms with E-state index in [1.54, 1.807) is 14.2 Å². The van der Waals surface area contributed by atoms with E-state index in [0.29, 0.717) is 17.4 Å². The number of anilines is 3. The third kappa shape index (κ3) is 3.34. The zero-order valence-corrected chi connectivity index (χ0v) is 12.7. The summed E-state index contributed by atoms with van der Waals surface area (Å²) in [6, 6.07) is 5.84. The summed E-state index contributed by atoms with van der Waals surface area (Å²) < 4.78 is 10.7. The molecule has 0 saturated heterocycles. The second kappa shape index (κ2) is 6.78. The molecule has 1 aromatic heterocycles. The number of hydrogen-bond acceptors (Lipinski definition) is 6. The van der Waals surface area contributed by atoms with Crippen LogP contribution in [-0.4, -0.2) is 30.7 Å². The number of ether oxygens (including phenoxy) is 2. The van der Waals surface area contributed by atoms with Crippen molar-refractivity contribution in [3.63, 3.8) is 0 Å². The normalized spacial score (nSPS) is 10.1. The molecule has 0 fully saturated rings. The molecule has 0 aliphatic rings. The van der Waals surface area contributed by atoms with Crippen molar-refractivity contribution in [1.29, 1.82) is 0 Å². The van der Waals surface area contributed by atoms with Crippen LogP contribution in [0.4, 0.5) is 17.3 Å². The average molecular weight is 288 g/mol. The first-order chi connectivity index (χ1) is 10.2. The first-order valence-corrected chi connectivity index (χ1v) is 6.74. The van der Waals surface area contributed by atoms with E-state index in [-0.39, 0.29) is 0 Å². The smallest absolute Gasteiger partial charge is 0.204 e. The van der Waals surface area contributed by atoms with Gasteiger partial charge in [-0.2, -0.15) is 0 Å². The van der Waals surface area contributed by atoms with Gasteiger partial charge in [-0.15, -0.1) is 0 Å². The topological polar surface area (TPSA) is 68.3 Å².